The molecular weight excluding hydrogens is 460 g/mol. The Morgan fingerprint density at radius 3 is 2.38 bits per heavy atom. The number of nitrogens with zero attached hydrogens (tertiary/aromatic N) is 2. The quantitative estimate of drug-likeness (QED) is 0.358. The van der Waals surface area contributed by atoms with Crippen molar-refractivity contribution < 1.29 is 26.9 Å². The average molecular weight is 479 g/mol. The minimum atomic E-state index is -4.40. The van der Waals surface area contributed by atoms with Gasteiger partial charge in [-0.2, -0.15) is 18.2 Å². The molecule has 9 nitrogen and oxygen atoms in total. The zero-order chi connectivity index (χ0) is 23.3. The Kier molecular flexibility index (Phi) is 7.16. The SMILES string of the molecule is CCOC(=O)c1nn(-c2ccccc2Cl)c(=O)cc1OS(=O)(=O)c1ccc(OCC)cc1. The first kappa shape index (κ1) is 23.3. The molecule has 0 radical (unpaired) electrons. The number of carbonyl (C=O) groups excluding carboxylic acids is 1. The molecule has 0 aliphatic rings. The van der Waals surface area contributed by atoms with Crippen LogP contribution in [0.5, 0.6) is 11.5 Å². The lowest BCUT2D eigenvalue weighted by atomic mass is 10.3. The Morgan fingerprint density at radius 2 is 1.75 bits per heavy atom. The highest BCUT2D eigenvalue weighted by molar-refractivity contribution is 7.87. The normalized spacial score (nSPS) is 11.1. The number of para-hydroxylation sites is 1. The van der Waals surface area contributed by atoms with E-state index in [1.54, 1.807) is 26.0 Å². The van der Waals surface area contributed by atoms with Crippen molar-refractivity contribution in [2.24, 2.45) is 0 Å². The highest BCUT2D eigenvalue weighted by Crippen LogP contribution is 2.24. The maximum Gasteiger partial charge on any atom is 0.362 e. The van der Waals surface area contributed by atoms with E-state index in [-0.39, 0.29) is 22.2 Å². The van der Waals surface area contributed by atoms with Crippen molar-refractivity contribution in [3.8, 4) is 17.2 Å². The van der Waals surface area contributed by atoms with Crippen molar-refractivity contribution in [1.29, 1.82) is 0 Å². The molecule has 0 saturated carbocycles. The van der Waals surface area contributed by atoms with Crippen molar-refractivity contribution >= 4 is 27.7 Å². The van der Waals surface area contributed by atoms with Crippen LogP contribution in [-0.2, 0) is 14.9 Å². The first-order valence-electron chi connectivity index (χ1n) is 9.50. The monoisotopic (exact) mass is 478 g/mol. The van der Waals surface area contributed by atoms with Crippen molar-refractivity contribution in [2.75, 3.05) is 13.2 Å². The summed E-state index contributed by atoms with van der Waals surface area (Å²) in [6.07, 6.45) is 0. The second kappa shape index (κ2) is 9.84. The highest BCUT2D eigenvalue weighted by atomic mass is 35.5. The van der Waals surface area contributed by atoms with E-state index in [1.165, 1.54) is 36.4 Å². The molecule has 1 heterocycles. The van der Waals surface area contributed by atoms with E-state index in [1.807, 2.05) is 0 Å². The molecule has 3 rings (SSSR count). The number of ether oxygens (including phenoxy) is 2. The van der Waals surface area contributed by atoms with Gasteiger partial charge in [-0.1, -0.05) is 23.7 Å². The van der Waals surface area contributed by atoms with Gasteiger partial charge in [0.2, 0.25) is 5.69 Å². The molecule has 168 valence electrons. The summed E-state index contributed by atoms with van der Waals surface area (Å²) in [4.78, 5) is 24.9. The third kappa shape index (κ3) is 5.09. The number of hydrogen-bond acceptors (Lipinski definition) is 8. The molecule has 0 bridgehead atoms. The van der Waals surface area contributed by atoms with E-state index in [0.29, 0.717) is 12.4 Å². The Bertz CT molecular complexity index is 1290. The van der Waals surface area contributed by atoms with E-state index >= 15 is 0 Å². The Balaban J connectivity index is 2.07. The number of aromatic nitrogens is 2. The van der Waals surface area contributed by atoms with E-state index in [0.717, 1.165) is 10.7 Å². The zero-order valence-electron chi connectivity index (χ0n) is 17.1. The number of carbonyl (C=O) groups is 1. The van der Waals surface area contributed by atoms with Gasteiger partial charge < -0.3 is 13.7 Å². The molecule has 0 fully saturated rings. The lowest BCUT2D eigenvalue weighted by Gasteiger charge is -2.13. The molecule has 0 N–H and O–H groups in total. The minimum absolute atomic E-state index is 0.00316. The number of halogens is 1. The topological polar surface area (TPSA) is 114 Å². The first-order valence-corrected chi connectivity index (χ1v) is 11.3. The first-order chi connectivity index (χ1) is 15.3. The third-order valence-corrected chi connectivity index (χ3v) is 5.64. The number of benzene rings is 2. The van der Waals surface area contributed by atoms with E-state index in [4.69, 9.17) is 25.3 Å². The van der Waals surface area contributed by atoms with Gasteiger partial charge in [0.15, 0.2) is 5.75 Å². The fourth-order valence-corrected chi connectivity index (χ4v) is 3.82. The predicted molar refractivity (Wildman–Crippen MR) is 116 cm³/mol. The molecule has 0 atom stereocenters. The van der Waals surface area contributed by atoms with Gasteiger partial charge in [-0.25, -0.2) is 4.79 Å². The second-order valence-corrected chi connectivity index (χ2v) is 8.17. The van der Waals surface area contributed by atoms with Crippen molar-refractivity contribution in [1.82, 2.24) is 9.78 Å². The molecule has 0 spiro atoms. The number of rotatable bonds is 8. The standard InChI is InChI=1S/C21H19ClN2O7S/c1-3-29-14-9-11-15(12-10-14)32(27,28)31-18-13-19(25)24(17-8-6-5-7-16(17)22)23-20(18)21(26)30-4-2/h5-13H,3-4H2,1-2H3. The molecule has 0 amide bonds. The Morgan fingerprint density at radius 1 is 1.06 bits per heavy atom. The molecule has 1 aromatic heterocycles. The van der Waals surface area contributed by atoms with Gasteiger partial charge in [-0.3, -0.25) is 4.79 Å². The predicted octanol–water partition coefficient (Wildman–Crippen LogP) is 3.23. The molecule has 0 aliphatic heterocycles. The lowest BCUT2D eigenvalue weighted by Crippen LogP contribution is -2.26. The summed E-state index contributed by atoms with van der Waals surface area (Å²) in [6.45, 7) is 3.78. The van der Waals surface area contributed by atoms with Gasteiger partial charge in [-0.05, 0) is 50.2 Å². The fraction of sp³-hybridized carbons (Fsp3) is 0.190. The molecule has 3 aromatic rings. The van der Waals surface area contributed by atoms with Gasteiger partial charge in [0.1, 0.15) is 10.6 Å². The van der Waals surface area contributed by atoms with Crippen LogP contribution in [0.2, 0.25) is 5.02 Å². The minimum Gasteiger partial charge on any atom is -0.494 e. The summed E-state index contributed by atoms with van der Waals surface area (Å²) in [7, 11) is -4.40. The Hall–Kier alpha value is -3.37. The lowest BCUT2D eigenvalue weighted by molar-refractivity contribution is 0.0515. The van der Waals surface area contributed by atoms with Gasteiger partial charge in [-0.15, -0.1) is 0 Å². The summed E-state index contributed by atoms with van der Waals surface area (Å²) in [5.41, 5.74) is -1.06. The fourth-order valence-electron chi connectivity index (χ4n) is 2.68. The summed E-state index contributed by atoms with van der Waals surface area (Å²) < 4.78 is 41.7. The summed E-state index contributed by atoms with van der Waals surface area (Å²) >= 11 is 6.13. The van der Waals surface area contributed by atoms with Gasteiger partial charge in [0.05, 0.1) is 30.0 Å². The Labute approximate surface area is 189 Å². The van der Waals surface area contributed by atoms with Crippen molar-refractivity contribution in [3.05, 3.63) is 75.7 Å². The van der Waals surface area contributed by atoms with Gasteiger partial charge >= 0.3 is 16.1 Å². The van der Waals surface area contributed by atoms with Crippen LogP contribution in [0, 0.1) is 0 Å². The molecule has 11 heteroatoms. The number of hydrogen-bond donors (Lipinski definition) is 0. The van der Waals surface area contributed by atoms with Crippen LogP contribution in [0.15, 0.2) is 64.3 Å². The van der Waals surface area contributed by atoms with Crippen molar-refractivity contribution in [2.45, 2.75) is 18.7 Å². The van der Waals surface area contributed by atoms with Crippen LogP contribution >= 0.6 is 11.6 Å². The van der Waals surface area contributed by atoms with Crippen LogP contribution in [0.1, 0.15) is 24.3 Å². The summed E-state index contributed by atoms with van der Waals surface area (Å²) in [6, 6.07) is 12.7. The molecule has 2 aromatic carbocycles. The van der Waals surface area contributed by atoms with E-state index in [2.05, 4.69) is 5.10 Å². The average Bonchev–Trinajstić information content (AvgIpc) is 2.75. The molecule has 0 saturated heterocycles. The number of esters is 1. The molecular formula is C21H19ClN2O7S. The van der Waals surface area contributed by atoms with Gasteiger partial charge in [0.25, 0.3) is 5.56 Å². The third-order valence-electron chi connectivity index (χ3n) is 4.07. The van der Waals surface area contributed by atoms with E-state index in [9.17, 15) is 18.0 Å². The molecule has 0 aliphatic carbocycles. The second-order valence-electron chi connectivity index (χ2n) is 6.22. The maximum absolute atomic E-state index is 12.8. The molecule has 32 heavy (non-hydrogen) atoms. The van der Waals surface area contributed by atoms with Crippen LogP contribution in [-0.4, -0.2) is 37.4 Å². The van der Waals surface area contributed by atoms with E-state index < -0.39 is 33.1 Å². The summed E-state index contributed by atoms with van der Waals surface area (Å²) in [5, 5.41) is 4.18. The van der Waals surface area contributed by atoms with Crippen LogP contribution in [0.4, 0.5) is 0 Å². The zero-order valence-corrected chi connectivity index (χ0v) is 18.7. The van der Waals surface area contributed by atoms with Gasteiger partial charge in [0, 0.05) is 0 Å². The van der Waals surface area contributed by atoms with Crippen LogP contribution < -0.4 is 14.5 Å². The van der Waals surface area contributed by atoms with Crippen LogP contribution in [0.3, 0.4) is 0 Å². The highest BCUT2D eigenvalue weighted by Gasteiger charge is 2.26. The van der Waals surface area contributed by atoms with Crippen molar-refractivity contribution in [3.63, 3.8) is 0 Å². The molecule has 0 unspecified atom stereocenters. The summed E-state index contributed by atoms with van der Waals surface area (Å²) in [5.74, 6) is -1.06. The smallest absolute Gasteiger partial charge is 0.362 e. The largest absolute Gasteiger partial charge is 0.494 e. The maximum atomic E-state index is 12.8. The van der Waals surface area contributed by atoms with Crippen LogP contribution in [0.25, 0.3) is 5.69 Å².